The maximum atomic E-state index is 5.54. The van der Waals surface area contributed by atoms with Crippen molar-refractivity contribution >= 4 is 0 Å². The van der Waals surface area contributed by atoms with Crippen molar-refractivity contribution in [1.29, 1.82) is 0 Å². The van der Waals surface area contributed by atoms with Crippen LogP contribution < -0.4 is 5.73 Å². The molecule has 0 aliphatic rings. The molecule has 1 aromatic heterocycles. The highest BCUT2D eigenvalue weighted by molar-refractivity contribution is 4.91. The number of nitrogens with two attached hydrogens (primary N) is 1. The summed E-state index contributed by atoms with van der Waals surface area (Å²) in [6, 6.07) is 0. The monoisotopic (exact) mass is 197 g/mol. The molecule has 1 aromatic rings. The number of nitrogens with zero attached hydrogens (tertiary/aromatic N) is 4. The molecule has 0 amide bonds. The first-order valence-corrected chi connectivity index (χ1v) is 5.04. The molecule has 0 aliphatic carbocycles. The zero-order valence-electron chi connectivity index (χ0n) is 8.98. The summed E-state index contributed by atoms with van der Waals surface area (Å²) in [5.74, 6) is 0. The van der Waals surface area contributed by atoms with Crippen LogP contribution in [0.1, 0.15) is 19.0 Å². The lowest BCUT2D eigenvalue weighted by atomic mass is 10.3. The minimum Gasteiger partial charge on any atom is -0.329 e. The second-order valence-electron chi connectivity index (χ2n) is 3.45. The summed E-state index contributed by atoms with van der Waals surface area (Å²) >= 11 is 0. The molecule has 0 fully saturated rings. The van der Waals surface area contributed by atoms with Gasteiger partial charge in [0.25, 0.3) is 0 Å². The lowest BCUT2D eigenvalue weighted by molar-refractivity contribution is 0.270. The molecule has 5 nitrogen and oxygen atoms in total. The molecule has 1 rings (SSSR count). The van der Waals surface area contributed by atoms with Crippen LogP contribution in [0.3, 0.4) is 0 Å². The average molecular weight is 197 g/mol. The van der Waals surface area contributed by atoms with E-state index in [0.29, 0.717) is 6.54 Å². The Hall–Kier alpha value is -0.940. The summed E-state index contributed by atoms with van der Waals surface area (Å²) in [4.78, 5) is 2.30. The molecule has 14 heavy (non-hydrogen) atoms. The van der Waals surface area contributed by atoms with Crippen molar-refractivity contribution in [2.45, 2.75) is 19.9 Å². The number of aromatic nitrogens is 3. The van der Waals surface area contributed by atoms with E-state index in [2.05, 4.69) is 22.1 Å². The molecule has 0 saturated heterocycles. The Kier molecular flexibility index (Phi) is 4.55. The van der Waals surface area contributed by atoms with Gasteiger partial charge in [0, 0.05) is 32.9 Å². The largest absolute Gasteiger partial charge is 0.329 e. The fraction of sp³-hybridized carbons (Fsp3) is 0.778. The number of rotatable bonds is 6. The molecule has 0 bridgehead atoms. The Morgan fingerprint density at radius 2 is 2.29 bits per heavy atom. The van der Waals surface area contributed by atoms with Crippen LogP contribution >= 0.6 is 0 Å². The molecule has 80 valence electrons. The summed E-state index contributed by atoms with van der Waals surface area (Å²) in [5.41, 5.74) is 6.54. The molecular weight excluding hydrogens is 178 g/mol. The van der Waals surface area contributed by atoms with E-state index in [1.165, 1.54) is 0 Å². The van der Waals surface area contributed by atoms with Gasteiger partial charge in [0.05, 0.1) is 5.69 Å². The molecular formula is C9H19N5. The third-order valence-electron chi connectivity index (χ3n) is 2.02. The van der Waals surface area contributed by atoms with Gasteiger partial charge in [-0.3, -0.25) is 9.58 Å². The van der Waals surface area contributed by atoms with Crippen molar-refractivity contribution in [3.8, 4) is 0 Å². The molecule has 0 aromatic carbocycles. The third kappa shape index (κ3) is 3.43. The second kappa shape index (κ2) is 5.72. The van der Waals surface area contributed by atoms with Crippen molar-refractivity contribution in [1.82, 2.24) is 19.9 Å². The SMILES string of the molecule is CCCN(CCN)Cc1cn(C)nn1. The van der Waals surface area contributed by atoms with Gasteiger partial charge < -0.3 is 5.73 Å². The van der Waals surface area contributed by atoms with Gasteiger partial charge in [0.2, 0.25) is 0 Å². The Bertz CT molecular complexity index is 251. The van der Waals surface area contributed by atoms with Crippen LogP contribution in [0, 0.1) is 0 Å². The molecule has 0 radical (unpaired) electrons. The quantitative estimate of drug-likeness (QED) is 0.696. The predicted octanol–water partition coefficient (Wildman–Crippen LogP) is -0.0142. The highest BCUT2D eigenvalue weighted by atomic mass is 15.4. The Morgan fingerprint density at radius 3 is 2.79 bits per heavy atom. The third-order valence-corrected chi connectivity index (χ3v) is 2.02. The Morgan fingerprint density at radius 1 is 1.50 bits per heavy atom. The van der Waals surface area contributed by atoms with Crippen molar-refractivity contribution in [2.24, 2.45) is 12.8 Å². The zero-order chi connectivity index (χ0) is 10.4. The standard InChI is InChI=1S/C9H19N5/c1-3-5-14(6-4-10)8-9-7-13(2)12-11-9/h7H,3-6,8,10H2,1-2H3. The van der Waals surface area contributed by atoms with E-state index in [4.69, 9.17) is 5.73 Å². The Balaban J connectivity index is 2.46. The van der Waals surface area contributed by atoms with E-state index in [1.54, 1.807) is 4.68 Å². The van der Waals surface area contributed by atoms with Crippen LogP contribution in [0.25, 0.3) is 0 Å². The lowest BCUT2D eigenvalue weighted by Crippen LogP contribution is -2.29. The van der Waals surface area contributed by atoms with Crippen LogP contribution in [-0.2, 0) is 13.6 Å². The summed E-state index contributed by atoms with van der Waals surface area (Å²) in [6.07, 6.45) is 3.08. The van der Waals surface area contributed by atoms with Crippen LogP contribution in [0.15, 0.2) is 6.20 Å². The minimum atomic E-state index is 0.695. The molecule has 0 unspecified atom stereocenters. The van der Waals surface area contributed by atoms with E-state index in [9.17, 15) is 0 Å². The van der Waals surface area contributed by atoms with Crippen LogP contribution in [0.5, 0.6) is 0 Å². The van der Waals surface area contributed by atoms with Gasteiger partial charge in [-0.2, -0.15) is 0 Å². The molecule has 1 heterocycles. The van der Waals surface area contributed by atoms with E-state index in [1.807, 2.05) is 13.2 Å². The first-order chi connectivity index (χ1) is 6.76. The highest BCUT2D eigenvalue weighted by Gasteiger charge is 2.06. The van der Waals surface area contributed by atoms with Crippen LogP contribution in [0.4, 0.5) is 0 Å². The highest BCUT2D eigenvalue weighted by Crippen LogP contribution is 2.00. The number of hydrogen-bond acceptors (Lipinski definition) is 4. The normalized spacial score (nSPS) is 11.1. The van der Waals surface area contributed by atoms with Crippen molar-refractivity contribution in [3.63, 3.8) is 0 Å². The molecule has 0 atom stereocenters. The lowest BCUT2D eigenvalue weighted by Gasteiger charge is -2.18. The van der Waals surface area contributed by atoms with Gasteiger partial charge >= 0.3 is 0 Å². The van der Waals surface area contributed by atoms with Gasteiger partial charge in [-0.1, -0.05) is 12.1 Å². The fourth-order valence-corrected chi connectivity index (χ4v) is 1.47. The molecule has 5 heteroatoms. The van der Waals surface area contributed by atoms with E-state index in [0.717, 1.165) is 31.7 Å². The molecule has 0 saturated carbocycles. The Labute approximate surface area is 84.9 Å². The number of hydrogen-bond donors (Lipinski definition) is 1. The second-order valence-corrected chi connectivity index (χ2v) is 3.45. The maximum absolute atomic E-state index is 5.54. The van der Waals surface area contributed by atoms with Gasteiger partial charge in [-0.15, -0.1) is 5.10 Å². The molecule has 2 N–H and O–H groups in total. The maximum Gasteiger partial charge on any atom is 0.0967 e. The van der Waals surface area contributed by atoms with Gasteiger partial charge in [0.1, 0.15) is 0 Å². The van der Waals surface area contributed by atoms with Crippen molar-refractivity contribution < 1.29 is 0 Å². The summed E-state index contributed by atoms with van der Waals surface area (Å²) in [7, 11) is 1.88. The summed E-state index contributed by atoms with van der Waals surface area (Å²) in [6.45, 7) is 5.69. The topological polar surface area (TPSA) is 60.0 Å². The van der Waals surface area contributed by atoms with E-state index in [-0.39, 0.29) is 0 Å². The first-order valence-electron chi connectivity index (χ1n) is 5.04. The van der Waals surface area contributed by atoms with Gasteiger partial charge in [-0.25, -0.2) is 0 Å². The predicted molar refractivity (Wildman–Crippen MR) is 55.6 cm³/mol. The first kappa shape index (κ1) is 11.1. The summed E-state index contributed by atoms with van der Waals surface area (Å²) in [5, 5.41) is 7.95. The molecule has 0 spiro atoms. The van der Waals surface area contributed by atoms with E-state index < -0.39 is 0 Å². The van der Waals surface area contributed by atoms with Crippen molar-refractivity contribution in [3.05, 3.63) is 11.9 Å². The molecule has 0 aliphatic heterocycles. The fourth-order valence-electron chi connectivity index (χ4n) is 1.47. The van der Waals surface area contributed by atoms with Crippen LogP contribution in [-0.4, -0.2) is 39.5 Å². The number of aryl methyl sites for hydroxylation is 1. The average Bonchev–Trinajstić information content (AvgIpc) is 2.52. The van der Waals surface area contributed by atoms with Crippen LogP contribution in [0.2, 0.25) is 0 Å². The minimum absolute atomic E-state index is 0.695. The van der Waals surface area contributed by atoms with Crippen molar-refractivity contribution in [2.75, 3.05) is 19.6 Å². The van der Waals surface area contributed by atoms with Gasteiger partial charge in [0.15, 0.2) is 0 Å². The summed E-state index contributed by atoms with van der Waals surface area (Å²) < 4.78 is 1.72. The van der Waals surface area contributed by atoms with Gasteiger partial charge in [-0.05, 0) is 13.0 Å². The smallest absolute Gasteiger partial charge is 0.0967 e. The van der Waals surface area contributed by atoms with E-state index >= 15 is 0 Å². The zero-order valence-corrected chi connectivity index (χ0v) is 8.98.